The molecule has 0 bridgehead atoms. The predicted molar refractivity (Wildman–Crippen MR) is 84.3 cm³/mol. The van der Waals surface area contributed by atoms with E-state index in [9.17, 15) is 9.59 Å². The maximum Gasteiger partial charge on any atom is 0.238 e. The van der Waals surface area contributed by atoms with Crippen molar-refractivity contribution in [1.29, 1.82) is 0 Å². The summed E-state index contributed by atoms with van der Waals surface area (Å²) in [5.74, 6) is -0.0955. The van der Waals surface area contributed by atoms with E-state index in [-0.39, 0.29) is 11.8 Å². The molecule has 1 heterocycles. The molecule has 2 rings (SSSR count). The Morgan fingerprint density at radius 2 is 1.76 bits per heavy atom. The zero-order valence-electron chi connectivity index (χ0n) is 12.7. The van der Waals surface area contributed by atoms with Gasteiger partial charge in [0.2, 0.25) is 11.8 Å². The van der Waals surface area contributed by atoms with Gasteiger partial charge in [-0.05, 0) is 50.6 Å². The largest absolute Gasteiger partial charge is 0.326 e. The summed E-state index contributed by atoms with van der Waals surface area (Å²) in [7, 11) is 0. The topological polar surface area (TPSA) is 61.4 Å². The van der Waals surface area contributed by atoms with E-state index >= 15 is 0 Å². The molecule has 0 spiro atoms. The molecule has 1 atom stereocenters. The van der Waals surface area contributed by atoms with Crippen LogP contribution in [0, 0.1) is 0 Å². The van der Waals surface area contributed by atoms with Crippen LogP contribution in [0.3, 0.4) is 0 Å². The predicted octanol–water partition coefficient (Wildman–Crippen LogP) is 2.46. The summed E-state index contributed by atoms with van der Waals surface area (Å²) in [6.07, 6.45) is 3.59. The standard InChI is InChI=1S/C16H23N3O2/c1-12-5-3-4-10-19(12)11-16(21)18-15-8-6-14(7-9-15)17-13(2)20/h6-9,12H,3-5,10-11H2,1-2H3,(H,17,20)(H,18,21)/t12-/m0/s1. The van der Waals surface area contributed by atoms with Gasteiger partial charge in [-0.1, -0.05) is 6.42 Å². The molecule has 1 aromatic rings. The Labute approximate surface area is 125 Å². The SMILES string of the molecule is CC(=O)Nc1ccc(NC(=O)CN2CCCC[C@@H]2C)cc1. The van der Waals surface area contributed by atoms with Gasteiger partial charge in [0.25, 0.3) is 0 Å². The lowest BCUT2D eigenvalue weighted by molar-refractivity contribution is -0.118. The number of amides is 2. The van der Waals surface area contributed by atoms with Gasteiger partial charge in [-0.3, -0.25) is 14.5 Å². The summed E-state index contributed by atoms with van der Waals surface area (Å²) in [5.41, 5.74) is 1.48. The van der Waals surface area contributed by atoms with Crippen LogP contribution >= 0.6 is 0 Å². The lowest BCUT2D eigenvalue weighted by Gasteiger charge is -2.32. The van der Waals surface area contributed by atoms with Crippen LogP contribution in [0.2, 0.25) is 0 Å². The Bertz CT molecular complexity index is 499. The number of nitrogens with zero attached hydrogens (tertiary/aromatic N) is 1. The first-order valence-electron chi connectivity index (χ1n) is 7.46. The molecule has 2 amide bonds. The number of rotatable bonds is 4. The second-order valence-corrected chi connectivity index (χ2v) is 5.62. The van der Waals surface area contributed by atoms with Crippen molar-refractivity contribution >= 4 is 23.2 Å². The molecule has 5 heteroatoms. The van der Waals surface area contributed by atoms with E-state index < -0.39 is 0 Å². The van der Waals surface area contributed by atoms with E-state index in [0.29, 0.717) is 12.6 Å². The first-order chi connectivity index (χ1) is 10.0. The number of hydrogen-bond donors (Lipinski definition) is 2. The average Bonchev–Trinajstić information content (AvgIpc) is 2.43. The lowest BCUT2D eigenvalue weighted by atomic mass is 10.0. The number of likely N-dealkylation sites (tertiary alicyclic amines) is 1. The summed E-state index contributed by atoms with van der Waals surface area (Å²) in [4.78, 5) is 25.2. The minimum atomic E-state index is -0.106. The fraction of sp³-hybridized carbons (Fsp3) is 0.500. The Morgan fingerprint density at radius 3 is 2.33 bits per heavy atom. The molecule has 1 aliphatic rings. The fourth-order valence-electron chi connectivity index (χ4n) is 2.62. The minimum Gasteiger partial charge on any atom is -0.326 e. The van der Waals surface area contributed by atoms with Crippen molar-refractivity contribution in [2.24, 2.45) is 0 Å². The molecule has 5 nitrogen and oxygen atoms in total. The van der Waals surface area contributed by atoms with Gasteiger partial charge in [-0.25, -0.2) is 0 Å². The van der Waals surface area contributed by atoms with Crippen LogP contribution in [-0.2, 0) is 9.59 Å². The highest BCUT2D eigenvalue weighted by Crippen LogP contribution is 2.17. The Morgan fingerprint density at radius 1 is 1.14 bits per heavy atom. The molecule has 2 N–H and O–H groups in total. The van der Waals surface area contributed by atoms with Crippen LogP contribution in [0.1, 0.15) is 33.1 Å². The zero-order chi connectivity index (χ0) is 15.2. The van der Waals surface area contributed by atoms with Gasteiger partial charge in [0, 0.05) is 24.3 Å². The van der Waals surface area contributed by atoms with E-state index in [4.69, 9.17) is 0 Å². The second kappa shape index (κ2) is 7.22. The van der Waals surface area contributed by atoms with Crippen LogP contribution < -0.4 is 10.6 Å². The molecule has 1 fully saturated rings. The maximum absolute atomic E-state index is 12.1. The van der Waals surface area contributed by atoms with Gasteiger partial charge in [0.1, 0.15) is 0 Å². The molecule has 1 aromatic carbocycles. The van der Waals surface area contributed by atoms with Crippen LogP contribution in [0.15, 0.2) is 24.3 Å². The average molecular weight is 289 g/mol. The first kappa shape index (κ1) is 15.5. The first-order valence-corrected chi connectivity index (χ1v) is 7.46. The maximum atomic E-state index is 12.1. The van der Waals surface area contributed by atoms with Gasteiger partial charge in [-0.15, -0.1) is 0 Å². The molecule has 0 unspecified atom stereocenters. The van der Waals surface area contributed by atoms with Crippen molar-refractivity contribution < 1.29 is 9.59 Å². The number of piperidine rings is 1. The van der Waals surface area contributed by atoms with E-state index in [1.54, 1.807) is 24.3 Å². The molecule has 21 heavy (non-hydrogen) atoms. The van der Waals surface area contributed by atoms with E-state index in [2.05, 4.69) is 22.5 Å². The third kappa shape index (κ3) is 4.86. The molecule has 0 saturated carbocycles. The third-order valence-corrected chi connectivity index (χ3v) is 3.78. The van der Waals surface area contributed by atoms with Crippen molar-refractivity contribution in [1.82, 2.24) is 4.90 Å². The monoisotopic (exact) mass is 289 g/mol. The van der Waals surface area contributed by atoms with E-state index in [0.717, 1.165) is 17.9 Å². The molecule has 0 radical (unpaired) electrons. The zero-order valence-corrected chi connectivity index (χ0v) is 12.7. The van der Waals surface area contributed by atoms with Crippen molar-refractivity contribution in [3.63, 3.8) is 0 Å². The lowest BCUT2D eigenvalue weighted by Crippen LogP contribution is -2.42. The summed E-state index contributed by atoms with van der Waals surface area (Å²) in [6.45, 7) is 5.08. The fourth-order valence-corrected chi connectivity index (χ4v) is 2.62. The Kier molecular flexibility index (Phi) is 5.33. The van der Waals surface area contributed by atoms with Crippen LogP contribution in [0.4, 0.5) is 11.4 Å². The molecule has 1 aliphatic heterocycles. The highest BCUT2D eigenvalue weighted by molar-refractivity contribution is 5.93. The molecule has 114 valence electrons. The highest BCUT2D eigenvalue weighted by atomic mass is 16.2. The number of hydrogen-bond acceptors (Lipinski definition) is 3. The van der Waals surface area contributed by atoms with Gasteiger partial charge in [0.15, 0.2) is 0 Å². The summed E-state index contributed by atoms with van der Waals surface area (Å²) in [6, 6.07) is 7.62. The van der Waals surface area contributed by atoms with Gasteiger partial charge < -0.3 is 10.6 Å². The Hall–Kier alpha value is -1.88. The minimum absolute atomic E-state index is 0.0102. The van der Waals surface area contributed by atoms with Crippen molar-refractivity contribution in [3.05, 3.63) is 24.3 Å². The number of nitrogens with one attached hydrogen (secondary N) is 2. The van der Waals surface area contributed by atoms with E-state index in [1.165, 1.54) is 26.2 Å². The Balaban J connectivity index is 1.85. The van der Waals surface area contributed by atoms with Crippen molar-refractivity contribution in [3.8, 4) is 0 Å². The molecule has 0 aromatic heterocycles. The highest BCUT2D eigenvalue weighted by Gasteiger charge is 2.20. The normalized spacial score (nSPS) is 19.0. The smallest absolute Gasteiger partial charge is 0.238 e. The van der Waals surface area contributed by atoms with Gasteiger partial charge in [-0.2, -0.15) is 0 Å². The summed E-state index contributed by atoms with van der Waals surface area (Å²) in [5, 5.41) is 5.59. The van der Waals surface area contributed by atoms with Crippen LogP contribution in [0.5, 0.6) is 0 Å². The number of anilines is 2. The number of carbonyl (C=O) groups excluding carboxylic acids is 2. The molecule has 0 aliphatic carbocycles. The van der Waals surface area contributed by atoms with Crippen LogP contribution in [0.25, 0.3) is 0 Å². The summed E-state index contributed by atoms with van der Waals surface area (Å²) < 4.78 is 0. The number of benzene rings is 1. The van der Waals surface area contributed by atoms with Crippen molar-refractivity contribution in [2.45, 2.75) is 39.2 Å². The quantitative estimate of drug-likeness (QED) is 0.895. The third-order valence-electron chi connectivity index (χ3n) is 3.78. The van der Waals surface area contributed by atoms with Gasteiger partial charge in [0.05, 0.1) is 6.54 Å². The molecular weight excluding hydrogens is 266 g/mol. The van der Waals surface area contributed by atoms with Gasteiger partial charge >= 0.3 is 0 Å². The van der Waals surface area contributed by atoms with E-state index in [1.807, 2.05) is 0 Å². The second-order valence-electron chi connectivity index (χ2n) is 5.62. The molecule has 1 saturated heterocycles. The van der Waals surface area contributed by atoms with Crippen molar-refractivity contribution in [2.75, 3.05) is 23.7 Å². The number of carbonyl (C=O) groups is 2. The molecular formula is C16H23N3O2. The van der Waals surface area contributed by atoms with Crippen LogP contribution in [-0.4, -0.2) is 35.8 Å². The summed E-state index contributed by atoms with van der Waals surface area (Å²) >= 11 is 0.